The van der Waals surface area contributed by atoms with Crippen molar-refractivity contribution in [1.29, 1.82) is 5.26 Å². The summed E-state index contributed by atoms with van der Waals surface area (Å²) in [6, 6.07) is 19.1. The highest BCUT2D eigenvalue weighted by Crippen LogP contribution is 2.19. The van der Waals surface area contributed by atoms with Crippen molar-refractivity contribution in [3.05, 3.63) is 65.7 Å². The van der Waals surface area contributed by atoms with Gasteiger partial charge in [-0.3, -0.25) is 0 Å². The van der Waals surface area contributed by atoms with Crippen LogP contribution in [0.25, 0.3) is 0 Å². The first-order valence-electron chi connectivity index (χ1n) is 8.82. The summed E-state index contributed by atoms with van der Waals surface area (Å²) >= 11 is 0. The Morgan fingerprint density at radius 1 is 0.923 bits per heavy atom. The molecule has 1 heterocycles. The van der Waals surface area contributed by atoms with Gasteiger partial charge in [-0.05, 0) is 29.7 Å². The maximum Gasteiger partial charge on any atom is 0.243 e. The Kier molecular flexibility index (Phi) is 6.04. The van der Waals surface area contributed by atoms with Crippen LogP contribution in [-0.4, -0.2) is 50.3 Å². The zero-order valence-electron chi connectivity index (χ0n) is 14.7. The van der Waals surface area contributed by atoms with Crippen LogP contribution in [0.4, 0.5) is 0 Å². The summed E-state index contributed by atoms with van der Waals surface area (Å²) in [6.07, 6.45) is 1.19. The minimum Gasteiger partial charge on any atom is -0.300 e. The van der Waals surface area contributed by atoms with Crippen LogP contribution in [0.1, 0.15) is 11.1 Å². The van der Waals surface area contributed by atoms with Gasteiger partial charge in [-0.2, -0.15) is 9.57 Å². The van der Waals surface area contributed by atoms with Crippen LogP contribution in [0, 0.1) is 11.3 Å². The molecule has 6 heteroatoms. The second-order valence-electron chi connectivity index (χ2n) is 6.46. The summed E-state index contributed by atoms with van der Waals surface area (Å²) in [5.41, 5.74) is 2.03. The molecular weight excluding hydrogens is 346 g/mol. The number of benzene rings is 2. The van der Waals surface area contributed by atoms with Crippen molar-refractivity contribution in [2.45, 2.75) is 17.7 Å². The van der Waals surface area contributed by atoms with Crippen molar-refractivity contribution >= 4 is 10.0 Å². The molecule has 2 aromatic carbocycles. The zero-order chi connectivity index (χ0) is 18.4. The molecule has 0 radical (unpaired) electrons. The first-order chi connectivity index (χ1) is 12.6. The fourth-order valence-electron chi connectivity index (χ4n) is 3.18. The quantitative estimate of drug-likeness (QED) is 0.784. The zero-order valence-corrected chi connectivity index (χ0v) is 15.5. The van der Waals surface area contributed by atoms with E-state index in [0.717, 1.165) is 31.6 Å². The molecule has 0 atom stereocenters. The number of nitriles is 1. The van der Waals surface area contributed by atoms with Gasteiger partial charge in [0.15, 0.2) is 0 Å². The van der Waals surface area contributed by atoms with Gasteiger partial charge >= 0.3 is 0 Å². The highest BCUT2D eigenvalue weighted by Gasteiger charge is 2.28. The van der Waals surface area contributed by atoms with E-state index in [4.69, 9.17) is 5.26 Å². The Labute approximate surface area is 155 Å². The van der Waals surface area contributed by atoms with E-state index in [0.29, 0.717) is 13.1 Å². The highest BCUT2D eigenvalue weighted by atomic mass is 32.2. The molecule has 0 unspecified atom stereocenters. The van der Waals surface area contributed by atoms with Gasteiger partial charge in [0.05, 0.1) is 17.4 Å². The summed E-state index contributed by atoms with van der Waals surface area (Å²) < 4.78 is 27.3. The predicted molar refractivity (Wildman–Crippen MR) is 101 cm³/mol. The predicted octanol–water partition coefficient (Wildman–Crippen LogP) is 2.30. The average Bonchev–Trinajstić information content (AvgIpc) is 2.68. The largest absolute Gasteiger partial charge is 0.300 e. The van der Waals surface area contributed by atoms with Crippen LogP contribution in [-0.2, 0) is 22.9 Å². The maximum absolute atomic E-state index is 12.9. The van der Waals surface area contributed by atoms with Gasteiger partial charge in [0.25, 0.3) is 0 Å². The molecule has 1 aliphatic rings. The van der Waals surface area contributed by atoms with E-state index >= 15 is 0 Å². The van der Waals surface area contributed by atoms with Crippen LogP contribution in [0.3, 0.4) is 0 Å². The van der Waals surface area contributed by atoms with Crippen LogP contribution in [0.5, 0.6) is 0 Å². The lowest BCUT2D eigenvalue weighted by Gasteiger charge is -2.34. The summed E-state index contributed by atoms with van der Waals surface area (Å²) in [4.78, 5) is 2.59. The molecule has 0 N–H and O–H groups in total. The number of sulfonamides is 1. The topological polar surface area (TPSA) is 64.4 Å². The summed E-state index contributed by atoms with van der Waals surface area (Å²) in [5, 5.41) is 8.81. The first kappa shape index (κ1) is 18.6. The van der Waals surface area contributed by atoms with Gasteiger partial charge in [0.1, 0.15) is 0 Å². The Hall–Kier alpha value is -2.20. The minimum absolute atomic E-state index is 0.219. The van der Waals surface area contributed by atoms with E-state index in [1.54, 1.807) is 28.6 Å². The van der Waals surface area contributed by atoms with Gasteiger partial charge < -0.3 is 4.90 Å². The van der Waals surface area contributed by atoms with Gasteiger partial charge in [-0.15, -0.1) is 0 Å². The van der Waals surface area contributed by atoms with Gasteiger partial charge in [0.2, 0.25) is 10.0 Å². The molecule has 0 spiro atoms. The fourth-order valence-corrected chi connectivity index (χ4v) is 4.67. The molecule has 1 saturated heterocycles. The lowest BCUT2D eigenvalue weighted by atomic mass is 10.1. The van der Waals surface area contributed by atoms with E-state index in [9.17, 15) is 8.42 Å². The van der Waals surface area contributed by atoms with Crippen molar-refractivity contribution < 1.29 is 8.42 Å². The molecule has 0 bridgehead atoms. The van der Waals surface area contributed by atoms with Crippen molar-refractivity contribution in [3.8, 4) is 6.07 Å². The van der Waals surface area contributed by atoms with Gasteiger partial charge in [-0.25, -0.2) is 8.42 Å². The molecular formula is C20H23N3O2S. The van der Waals surface area contributed by atoms with E-state index in [-0.39, 0.29) is 11.3 Å². The van der Waals surface area contributed by atoms with E-state index < -0.39 is 10.0 Å². The van der Waals surface area contributed by atoms with E-state index in [2.05, 4.69) is 23.1 Å². The van der Waals surface area contributed by atoms with Crippen molar-refractivity contribution in [2.24, 2.45) is 0 Å². The van der Waals surface area contributed by atoms with Crippen molar-refractivity contribution in [1.82, 2.24) is 9.21 Å². The molecule has 1 fully saturated rings. The van der Waals surface area contributed by atoms with E-state index in [1.165, 1.54) is 5.56 Å². The number of hydrogen-bond donors (Lipinski definition) is 0. The normalized spacial score (nSPS) is 16.3. The molecule has 1 aliphatic heterocycles. The van der Waals surface area contributed by atoms with Gasteiger partial charge in [0, 0.05) is 32.7 Å². The van der Waals surface area contributed by atoms with Crippen LogP contribution in [0.15, 0.2) is 59.5 Å². The summed E-state index contributed by atoms with van der Waals surface area (Å²) in [5.74, 6) is 0. The van der Waals surface area contributed by atoms with Gasteiger partial charge in [-0.1, -0.05) is 42.5 Å². The Bertz CT molecular complexity index is 867. The number of piperazine rings is 1. The second kappa shape index (κ2) is 8.45. The smallest absolute Gasteiger partial charge is 0.243 e. The van der Waals surface area contributed by atoms with Crippen molar-refractivity contribution in [3.63, 3.8) is 0 Å². The lowest BCUT2D eigenvalue weighted by Crippen LogP contribution is -2.49. The number of hydrogen-bond acceptors (Lipinski definition) is 4. The molecule has 0 saturated carbocycles. The fraction of sp³-hybridized carbons (Fsp3) is 0.350. The lowest BCUT2D eigenvalue weighted by molar-refractivity contribution is 0.190. The highest BCUT2D eigenvalue weighted by molar-refractivity contribution is 7.89. The number of nitrogens with zero attached hydrogens (tertiary/aromatic N) is 3. The van der Waals surface area contributed by atoms with E-state index in [1.807, 2.05) is 18.2 Å². The third-order valence-corrected chi connectivity index (χ3v) is 6.60. The second-order valence-corrected chi connectivity index (χ2v) is 8.40. The molecule has 0 aliphatic carbocycles. The molecule has 136 valence electrons. The van der Waals surface area contributed by atoms with Crippen molar-refractivity contribution in [2.75, 3.05) is 32.7 Å². The maximum atomic E-state index is 12.9. The molecule has 5 nitrogen and oxygen atoms in total. The third kappa shape index (κ3) is 4.50. The van der Waals surface area contributed by atoms with Crippen LogP contribution in [0.2, 0.25) is 0 Å². The van der Waals surface area contributed by atoms with Crippen LogP contribution < -0.4 is 0 Å². The first-order valence-corrected chi connectivity index (χ1v) is 10.3. The molecule has 0 aromatic heterocycles. The Balaban J connectivity index is 1.58. The molecule has 3 rings (SSSR count). The Morgan fingerprint density at radius 3 is 2.31 bits per heavy atom. The molecule has 2 aromatic rings. The summed E-state index contributed by atoms with van der Waals surface area (Å²) in [7, 11) is -3.50. The summed E-state index contributed by atoms with van der Waals surface area (Å²) in [6.45, 7) is 3.42. The monoisotopic (exact) mass is 369 g/mol. The number of rotatable bonds is 6. The van der Waals surface area contributed by atoms with Crippen LogP contribution >= 0.6 is 0 Å². The third-order valence-electron chi connectivity index (χ3n) is 4.71. The Morgan fingerprint density at radius 2 is 1.62 bits per heavy atom. The SMILES string of the molecule is N#CCc1cccc(S(=O)(=O)N2CCN(CCc3ccccc3)CC2)c1. The average molecular weight is 369 g/mol. The standard InChI is InChI=1S/C20H23N3O2S/c21-11-9-19-7-4-8-20(17-19)26(24,25)23-15-13-22(14-16-23)12-10-18-5-2-1-3-6-18/h1-8,17H,9-10,12-16H2. The molecule has 26 heavy (non-hydrogen) atoms. The minimum atomic E-state index is -3.50. The molecule has 0 amide bonds.